The molecule has 0 fully saturated rings. The summed E-state index contributed by atoms with van der Waals surface area (Å²) in [5.41, 5.74) is -0.464. The number of anilines is 1. The van der Waals surface area contributed by atoms with Crippen LogP contribution in [-0.4, -0.2) is 11.4 Å². The molecule has 18 heavy (non-hydrogen) atoms. The van der Waals surface area contributed by atoms with E-state index in [1.165, 1.54) is 5.32 Å². The highest BCUT2D eigenvalue weighted by atomic mass is 19.4. The van der Waals surface area contributed by atoms with Gasteiger partial charge in [0.2, 0.25) is 0 Å². The second-order valence-electron chi connectivity index (χ2n) is 3.54. The Morgan fingerprint density at radius 1 is 0.944 bits per heavy atom. The molecule has 96 valence electrons. The second-order valence-corrected chi connectivity index (χ2v) is 3.54. The van der Waals surface area contributed by atoms with Gasteiger partial charge in [0, 0.05) is 11.1 Å². The van der Waals surface area contributed by atoms with Crippen molar-refractivity contribution in [3.8, 4) is 5.75 Å². The van der Waals surface area contributed by atoms with Crippen molar-refractivity contribution in [2.75, 3.05) is 5.32 Å². The molecule has 0 aliphatic heterocycles. The summed E-state index contributed by atoms with van der Waals surface area (Å²) in [6.45, 7) is 0. The fraction of sp³-hybridized carbons (Fsp3) is 0.0909. The normalized spacial score (nSPS) is 11.8. The molecular formula is C11H6F5NO. The van der Waals surface area contributed by atoms with E-state index in [1.54, 1.807) is 0 Å². The number of hydrogen-bond acceptors (Lipinski definition) is 2. The van der Waals surface area contributed by atoms with Crippen molar-refractivity contribution in [3.05, 3.63) is 35.9 Å². The van der Waals surface area contributed by atoms with Crippen LogP contribution in [-0.2, 0) is 0 Å². The van der Waals surface area contributed by atoms with E-state index in [4.69, 9.17) is 0 Å². The van der Waals surface area contributed by atoms with Gasteiger partial charge < -0.3 is 5.11 Å². The number of alkyl halides is 3. The SMILES string of the molecule is Oc1c(F)ccc2c(NC(F)(F)F)ccc(F)c12. The quantitative estimate of drug-likeness (QED) is 0.606. The zero-order chi connectivity index (χ0) is 13.5. The molecule has 0 saturated carbocycles. The molecule has 0 atom stereocenters. The maximum Gasteiger partial charge on any atom is 0.482 e. The summed E-state index contributed by atoms with van der Waals surface area (Å²) in [5, 5.41) is 9.68. The molecule has 2 rings (SSSR count). The first kappa shape index (κ1) is 12.4. The summed E-state index contributed by atoms with van der Waals surface area (Å²) >= 11 is 0. The molecule has 0 unspecified atom stereocenters. The van der Waals surface area contributed by atoms with Crippen LogP contribution in [0, 0.1) is 11.6 Å². The first-order chi connectivity index (χ1) is 8.29. The van der Waals surface area contributed by atoms with Crippen LogP contribution >= 0.6 is 0 Å². The molecule has 7 heteroatoms. The minimum absolute atomic E-state index is 0.258. The number of hydrogen-bond donors (Lipinski definition) is 2. The Hall–Kier alpha value is -2.05. The average Bonchev–Trinajstić information content (AvgIpc) is 2.25. The second kappa shape index (κ2) is 4.01. The van der Waals surface area contributed by atoms with Crippen LogP contribution in [0.4, 0.5) is 27.6 Å². The van der Waals surface area contributed by atoms with Crippen LogP contribution in [0.5, 0.6) is 5.75 Å². The predicted molar refractivity (Wildman–Crippen MR) is 55.2 cm³/mol. The summed E-state index contributed by atoms with van der Waals surface area (Å²) in [5.74, 6) is -3.13. The van der Waals surface area contributed by atoms with Gasteiger partial charge >= 0.3 is 6.30 Å². The Kier molecular flexibility index (Phi) is 2.76. The van der Waals surface area contributed by atoms with E-state index in [-0.39, 0.29) is 5.39 Å². The molecule has 0 aliphatic rings. The van der Waals surface area contributed by atoms with Crippen molar-refractivity contribution in [2.24, 2.45) is 0 Å². The van der Waals surface area contributed by atoms with E-state index in [1.807, 2.05) is 0 Å². The third-order valence-electron chi connectivity index (χ3n) is 2.33. The number of benzene rings is 2. The molecule has 0 heterocycles. The lowest BCUT2D eigenvalue weighted by Crippen LogP contribution is -2.20. The fourth-order valence-electron chi connectivity index (χ4n) is 1.62. The molecule has 0 saturated heterocycles. The van der Waals surface area contributed by atoms with Gasteiger partial charge in [0.05, 0.1) is 5.39 Å². The Morgan fingerprint density at radius 2 is 1.56 bits per heavy atom. The van der Waals surface area contributed by atoms with Crippen LogP contribution in [0.25, 0.3) is 10.8 Å². The molecule has 0 aliphatic carbocycles. The molecule has 0 radical (unpaired) electrons. The van der Waals surface area contributed by atoms with Crippen molar-refractivity contribution in [2.45, 2.75) is 6.30 Å². The molecule has 0 spiro atoms. The standard InChI is InChI=1S/C11H6F5NO/c12-6-3-4-8(17-11(14,15)16)5-1-2-7(13)10(18)9(5)6/h1-4,17-18H. The van der Waals surface area contributed by atoms with Gasteiger partial charge in [-0.05, 0) is 24.3 Å². The van der Waals surface area contributed by atoms with Crippen molar-refractivity contribution >= 4 is 16.5 Å². The molecule has 0 bridgehead atoms. The van der Waals surface area contributed by atoms with E-state index >= 15 is 0 Å². The first-order valence-corrected chi connectivity index (χ1v) is 4.74. The summed E-state index contributed by atoms with van der Waals surface area (Å²) in [7, 11) is 0. The Bertz CT molecular complexity index is 608. The van der Waals surface area contributed by atoms with Gasteiger partial charge in [0.25, 0.3) is 0 Å². The summed E-state index contributed by atoms with van der Waals surface area (Å²) in [6.07, 6.45) is -4.71. The van der Waals surface area contributed by atoms with E-state index in [2.05, 4.69) is 0 Å². The number of phenolic OH excluding ortho intramolecular Hbond substituents is 1. The van der Waals surface area contributed by atoms with E-state index < -0.39 is 34.8 Å². The highest BCUT2D eigenvalue weighted by Gasteiger charge is 2.28. The summed E-state index contributed by atoms with van der Waals surface area (Å²) < 4.78 is 63.1. The third kappa shape index (κ3) is 2.15. The maximum absolute atomic E-state index is 13.4. The molecule has 2 nitrogen and oxygen atoms in total. The molecule has 2 N–H and O–H groups in total. The number of phenols is 1. The van der Waals surface area contributed by atoms with Crippen molar-refractivity contribution in [1.82, 2.24) is 0 Å². The topological polar surface area (TPSA) is 32.3 Å². The van der Waals surface area contributed by atoms with Crippen LogP contribution < -0.4 is 5.32 Å². The highest BCUT2D eigenvalue weighted by Crippen LogP contribution is 2.35. The molecule has 2 aromatic rings. The minimum atomic E-state index is -4.71. The lowest BCUT2D eigenvalue weighted by atomic mass is 10.1. The van der Waals surface area contributed by atoms with Crippen molar-refractivity contribution in [1.29, 1.82) is 0 Å². The maximum atomic E-state index is 13.4. The number of fused-ring (bicyclic) bond motifs is 1. The van der Waals surface area contributed by atoms with Crippen LogP contribution in [0.1, 0.15) is 0 Å². The zero-order valence-electron chi connectivity index (χ0n) is 8.65. The lowest BCUT2D eigenvalue weighted by Gasteiger charge is -2.13. The molecule has 2 aromatic carbocycles. The largest absolute Gasteiger partial charge is 0.504 e. The summed E-state index contributed by atoms with van der Waals surface area (Å²) in [6, 6.07) is 3.30. The number of rotatable bonds is 1. The Morgan fingerprint density at radius 3 is 2.17 bits per heavy atom. The fourth-order valence-corrected chi connectivity index (χ4v) is 1.62. The Labute approximate surface area is 97.6 Å². The van der Waals surface area contributed by atoms with Gasteiger partial charge in [-0.25, -0.2) is 8.78 Å². The van der Waals surface area contributed by atoms with E-state index in [0.29, 0.717) is 0 Å². The van der Waals surface area contributed by atoms with Crippen LogP contribution in [0.3, 0.4) is 0 Å². The first-order valence-electron chi connectivity index (χ1n) is 4.74. The molecule has 0 aromatic heterocycles. The third-order valence-corrected chi connectivity index (χ3v) is 2.33. The number of nitrogens with one attached hydrogen (secondary N) is 1. The van der Waals surface area contributed by atoms with E-state index in [9.17, 15) is 27.1 Å². The monoisotopic (exact) mass is 263 g/mol. The van der Waals surface area contributed by atoms with Gasteiger partial charge in [-0.15, -0.1) is 0 Å². The molecule has 0 amide bonds. The van der Waals surface area contributed by atoms with Gasteiger partial charge in [-0.3, -0.25) is 5.32 Å². The number of halogens is 5. The van der Waals surface area contributed by atoms with Gasteiger partial charge in [-0.1, -0.05) is 0 Å². The highest BCUT2D eigenvalue weighted by molar-refractivity contribution is 5.98. The van der Waals surface area contributed by atoms with Crippen LogP contribution in [0.15, 0.2) is 24.3 Å². The van der Waals surface area contributed by atoms with Crippen molar-refractivity contribution in [3.63, 3.8) is 0 Å². The van der Waals surface area contributed by atoms with E-state index in [0.717, 1.165) is 24.3 Å². The van der Waals surface area contributed by atoms with Gasteiger partial charge in [-0.2, -0.15) is 13.2 Å². The molecular weight excluding hydrogens is 257 g/mol. The zero-order valence-corrected chi connectivity index (χ0v) is 8.65. The average molecular weight is 263 g/mol. The Balaban J connectivity index is 2.72. The lowest BCUT2D eigenvalue weighted by molar-refractivity contribution is -0.0998. The van der Waals surface area contributed by atoms with Gasteiger partial charge in [0.1, 0.15) is 5.82 Å². The van der Waals surface area contributed by atoms with Crippen molar-refractivity contribution < 1.29 is 27.1 Å². The smallest absolute Gasteiger partial charge is 0.482 e. The van der Waals surface area contributed by atoms with Gasteiger partial charge in [0.15, 0.2) is 11.6 Å². The number of aromatic hydroxyl groups is 1. The summed E-state index contributed by atoms with van der Waals surface area (Å²) in [4.78, 5) is 0. The van der Waals surface area contributed by atoms with Crippen LogP contribution in [0.2, 0.25) is 0 Å². The minimum Gasteiger partial charge on any atom is -0.504 e. The predicted octanol–water partition coefficient (Wildman–Crippen LogP) is 3.76.